The topological polar surface area (TPSA) is 95.5 Å². The lowest BCUT2D eigenvalue weighted by Gasteiger charge is -2.29. The number of amides is 2. The number of hydrogen-bond donors (Lipinski definition) is 3. The van der Waals surface area contributed by atoms with E-state index in [-0.39, 0.29) is 0 Å². The maximum atomic E-state index is 11.8. The highest BCUT2D eigenvalue weighted by atomic mass is 32.2. The maximum absolute atomic E-state index is 11.8. The summed E-state index contributed by atoms with van der Waals surface area (Å²) in [5.41, 5.74) is -1.13. The smallest absolute Gasteiger partial charge is 0.329 e. The molecule has 1 saturated carbocycles. The predicted octanol–water partition coefficient (Wildman–Crippen LogP) is 1.23. The highest BCUT2D eigenvalue weighted by Crippen LogP contribution is 2.27. The van der Waals surface area contributed by atoms with Crippen LogP contribution < -0.4 is 10.6 Å². The van der Waals surface area contributed by atoms with Gasteiger partial charge in [-0.1, -0.05) is 25.7 Å². The Labute approximate surface area is 122 Å². The van der Waals surface area contributed by atoms with Gasteiger partial charge < -0.3 is 15.7 Å². The molecule has 2 amide bonds. The van der Waals surface area contributed by atoms with Gasteiger partial charge in [0, 0.05) is 29.4 Å². The lowest BCUT2D eigenvalue weighted by molar-refractivity contribution is -0.145. The van der Waals surface area contributed by atoms with Crippen LogP contribution in [0.3, 0.4) is 0 Å². The fourth-order valence-corrected chi connectivity index (χ4v) is 3.01. The SMILES string of the molecule is CS(=O)CCCNC(=O)NC1(C(=O)O)CCCCCC1. The van der Waals surface area contributed by atoms with E-state index in [9.17, 15) is 18.9 Å². The first-order valence-corrected chi connectivity index (χ1v) is 8.78. The summed E-state index contributed by atoms with van der Waals surface area (Å²) in [4.78, 5) is 23.3. The van der Waals surface area contributed by atoms with Crippen LogP contribution in [0.1, 0.15) is 44.9 Å². The fraction of sp³-hybridized carbons (Fsp3) is 0.846. The number of urea groups is 1. The van der Waals surface area contributed by atoms with Crippen molar-refractivity contribution in [3.05, 3.63) is 0 Å². The van der Waals surface area contributed by atoms with Crippen LogP contribution in [-0.4, -0.2) is 45.4 Å². The minimum Gasteiger partial charge on any atom is -0.480 e. The number of hydrogen-bond acceptors (Lipinski definition) is 3. The summed E-state index contributed by atoms with van der Waals surface area (Å²) in [6.45, 7) is 0.404. The zero-order valence-corrected chi connectivity index (χ0v) is 12.8. The lowest BCUT2D eigenvalue weighted by Crippen LogP contribution is -2.57. The van der Waals surface area contributed by atoms with Crippen LogP contribution in [0.25, 0.3) is 0 Å². The molecule has 0 aromatic heterocycles. The Kier molecular flexibility index (Phi) is 6.98. The van der Waals surface area contributed by atoms with E-state index < -0.39 is 28.3 Å². The van der Waals surface area contributed by atoms with E-state index in [2.05, 4.69) is 10.6 Å². The van der Waals surface area contributed by atoms with Crippen molar-refractivity contribution in [2.45, 2.75) is 50.5 Å². The van der Waals surface area contributed by atoms with Crippen molar-refractivity contribution >= 4 is 22.8 Å². The van der Waals surface area contributed by atoms with Gasteiger partial charge in [-0.3, -0.25) is 4.21 Å². The van der Waals surface area contributed by atoms with Crippen molar-refractivity contribution in [2.75, 3.05) is 18.6 Å². The Morgan fingerprint density at radius 2 is 1.80 bits per heavy atom. The molecule has 1 aliphatic rings. The maximum Gasteiger partial charge on any atom is 0.329 e. The Hall–Kier alpha value is -1.11. The number of carbonyl (C=O) groups is 2. The normalized spacial score (nSPS) is 19.6. The molecule has 0 bridgehead atoms. The van der Waals surface area contributed by atoms with Crippen LogP contribution in [0.5, 0.6) is 0 Å². The van der Waals surface area contributed by atoms with Gasteiger partial charge in [0.15, 0.2) is 0 Å². The summed E-state index contributed by atoms with van der Waals surface area (Å²) in [7, 11) is -0.870. The van der Waals surface area contributed by atoms with Crippen molar-refractivity contribution < 1.29 is 18.9 Å². The number of carbonyl (C=O) groups excluding carboxylic acids is 1. The Morgan fingerprint density at radius 3 is 2.30 bits per heavy atom. The minimum absolute atomic E-state index is 0.404. The second kappa shape index (κ2) is 8.24. The first-order valence-electron chi connectivity index (χ1n) is 7.06. The molecule has 0 radical (unpaired) electrons. The van der Waals surface area contributed by atoms with Gasteiger partial charge in [0.05, 0.1) is 0 Å². The largest absolute Gasteiger partial charge is 0.480 e. The van der Waals surface area contributed by atoms with Gasteiger partial charge >= 0.3 is 12.0 Å². The number of nitrogens with one attached hydrogen (secondary N) is 2. The van der Waals surface area contributed by atoms with E-state index in [1.807, 2.05) is 0 Å². The summed E-state index contributed by atoms with van der Waals surface area (Å²) in [5, 5.41) is 14.7. The summed E-state index contributed by atoms with van der Waals surface area (Å²) in [5.74, 6) is -0.422. The summed E-state index contributed by atoms with van der Waals surface area (Å²) in [6, 6.07) is -0.448. The van der Waals surface area contributed by atoms with E-state index in [4.69, 9.17) is 0 Å². The van der Waals surface area contributed by atoms with Gasteiger partial charge in [-0.25, -0.2) is 9.59 Å². The lowest BCUT2D eigenvalue weighted by atomic mass is 9.90. The summed E-state index contributed by atoms with van der Waals surface area (Å²) in [6.07, 6.45) is 6.87. The van der Waals surface area contributed by atoms with Crippen LogP contribution in [0.4, 0.5) is 4.79 Å². The van der Waals surface area contributed by atoms with Crippen LogP contribution in [0, 0.1) is 0 Å². The number of rotatable bonds is 6. The van der Waals surface area contributed by atoms with Crippen LogP contribution in [0.2, 0.25) is 0 Å². The molecule has 1 unspecified atom stereocenters. The van der Waals surface area contributed by atoms with Crippen molar-refractivity contribution in [2.24, 2.45) is 0 Å². The number of aliphatic carboxylic acids is 1. The third-order valence-corrected chi connectivity index (χ3v) is 4.48. The zero-order chi connectivity index (χ0) is 15.0. The molecule has 7 heteroatoms. The zero-order valence-electron chi connectivity index (χ0n) is 11.9. The summed E-state index contributed by atoms with van der Waals surface area (Å²) < 4.78 is 10.9. The molecular weight excluding hydrogens is 280 g/mol. The molecule has 0 aromatic rings. The van der Waals surface area contributed by atoms with Crippen LogP contribution in [-0.2, 0) is 15.6 Å². The standard InChI is InChI=1S/C13H24N2O4S/c1-20(19)10-6-9-14-12(18)15-13(11(16)17)7-4-2-3-5-8-13/h2-10H2,1H3,(H,16,17)(H2,14,15,18). The van der Waals surface area contributed by atoms with Gasteiger partial charge in [0.25, 0.3) is 0 Å². The molecule has 0 saturated heterocycles. The first-order chi connectivity index (χ1) is 9.46. The van der Waals surface area contributed by atoms with Gasteiger partial charge in [-0.05, 0) is 19.3 Å². The molecule has 0 heterocycles. The third kappa shape index (κ3) is 5.48. The Balaban J connectivity index is 2.46. The van der Waals surface area contributed by atoms with Gasteiger partial charge in [0.1, 0.15) is 5.54 Å². The van der Waals surface area contributed by atoms with E-state index in [0.29, 0.717) is 31.6 Å². The van der Waals surface area contributed by atoms with Crippen LogP contribution in [0.15, 0.2) is 0 Å². The van der Waals surface area contributed by atoms with E-state index in [0.717, 1.165) is 25.7 Å². The van der Waals surface area contributed by atoms with Gasteiger partial charge in [-0.2, -0.15) is 0 Å². The molecule has 0 aromatic carbocycles. The summed E-state index contributed by atoms with van der Waals surface area (Å²) >= 11 is 0. The molecule has 1 fully saturated rings. The number of carboxylic acids is 1. The fourth-order valence-electron chi connectivity index (χ4n) is 2.46. The van der Waals surface area contributed by atoms with Crippen molar-refractivity contribution in [3.8, 4) is 0 Å². The quantitative estimate of drug-likeness (QED) is 0.508. The second-order valence-electron chi connectivity index (χ2n) is 5.31. The molecule has 0 spiro atoms. The molecule has 1 atom stereocenters. The Bertz CT molecular complexity index is 365. The van der Waals surface area contributed by atoms with Crippen molar-refractivity contribution in [3.63, 3.8) is 0 Å². The highest BCUT2D eigenvalue weighted by molar-refractivity contribution is 7.84. The van der Waals surface area contributed by atoms with Crippen molar-refractivity contribution in [1.82, 2.24) is 10.6 Å². The molecule has 116 valence electrons. The van der Waals surface area contributed by atoms with Crippen LogP contribution >= 0.6 is 0 Å². The number of carboxylic acid groups (broad SMARTS) is 1. The second-order valence-corrected chi connectivity index (χ2v) is 6.87. The minimum atomic E-state index is -1.13. The average molecular weight is 304 g/mol. The van der Waals surface area contributed by atoms with E-state index in [1.54, 1.807) is 6.26 Å². The molecule has 6 nitrogen and oxygen atoms in total. The van der Waals surface area contributed by atoms with Gasteiger partial charge in [-0.15, -0.1) is 0 Å². The molecule has 1 aliphatic carbocycles. The highest BCUT2D eigenvalue weighted by Gasteiger charge is 2.39. The molecule has 20 heavy (non-hydrogen) atoms. The van der Waals surface area contributed by atoms with E-state index >= 15 is 0 Å². The molecule has 1 rings (SSSR count). The molecule has 3 N–H and O–H groups in total. The average Bonchev–Trinajstić information content (AvgIpc) is 2.61. The van der Waals surface area contributed by atoms with Crippen molar-refractivity contribution in [1.29, 1.82) is 0 Å². The Morgan fingerprint density at radius 1 is 1.20 bits per heavy atom. The monoisotopic (exact) mass is 304 g/mol. The molecular formula is C13H24N2O4S. The van der Waals surface area contributed by atoms with Gasteiger partial charge in [0.2, 0.25) is 0 Å². The van der Waals surface area contributed by atoms with E-state index in [1.165, 1.54) is 0 Å². The predicted molar refractivity (Wildman–Crippen MR) is 78.2 cm³/mol. The molecule has 0 aliphatic heterocycles. The first kappa shape index (κ1) is 16.9. The third-order valence-electron chi connectivity index (χ3n) is 3.61.